The molecular formula is C11H11IO. The Morgan fingerprint density at radius 2 is 1.92 bits per heavy atom. The molecule has 0 aliphatic heterocycles. The molecule has 0 aromatic heterocycles. The van der Waals surface area contributed by atoms with Crippen LogP contribution >= 0.6 is 22.6 Å². The Morgan fingerprint density at radius 3 is 2.46 bits per heavy atom. The average molecular weight is 286 g/mol. The molecule has 0 radical (unpaired) electrons. The molecule has 0 atom stereocenters. The second-order valence-electron chi connectivity index (χ2n) is 2.92. The molecule has 1 rings (SSSR count). The number of halogens is 1. The molecule has 0 spiro atoms. The standard InChI is InChI=1S/C11H11IO/c1-8(7-9(2)13)10-5-3-4-6-11(10)12/h3-7H,1-2H3/b8-7+. The number of hydrogen-bond acceptors (Lipinski definition) is 1. The zero-order valence-corrected chi connectivity index (χ0v) is 9.83. The average Bonchev–Trinajstić information content (AvgIpc) is 2.03. The Hall–Kier alpha value is -0.640. The highest BCUT2D eigenvalue weighted by atomic mass is 127. The number of ketones is 1. The highest BCUT2D eigenvalue weighted by molar-refractivity contribution is 14.1. The van der Waals surface area contributed by atoms with E-state index < -0.39 is 0 Å². The van der Waals surface area contributed by atoms with Crippen molar-refractivity contribution in [1.82, 2.24) is 0 Å². The van der Waals surface area contributed by atoms with Crippen LogP contribution in [0.2, 0.25) is 0 Å². The second kappa shape index (κ2) is 4.56. The molecule has 0 aliphatic rings. The van der Waals surface area contributed by atoms with Gasteiger partial charge >= 0.3 is 0 Å². The monoisotopic (exact) mass is 286 g/mol. The van der Waals surface area contributed by atoms with Crippen LogP contribution in [-0.2, 0) is 4.79 Å². The third-order valence-corrected chi connectivity index (χ3v) is 2.66. The van der Waals surface area contributed by atoms with Gasteiger partial charge in [-0.15, -0.1) is 0 Å². The lowest BCUT2D eigenvalue weighted by molar-refractivity contribution is -0.112. The van der Waals surface area contributed by atoms with Crippen LogP contribution in [0.25, 0.3) is 5.57 Å². The first kappa shape index (κ1) is 10.4. The summed E-state index contributed by atoms with van der Waals surface area (Å²) in [6.07, 6.45) is 1.66. The third-order valence-electron chi connectivity index (χ3n) is 1.72. The van der Waals surface area contributed by atoms with Gasteiger partial charge in [0.1, 0.15) is 0 Å². The van der Waals surface area contributed by atoms with Crippen LogP contribution in [0.5, 0.6) is 0 Å². The van der Waals surface area contributed by atoms with Crippen molar-refractivity contribution in [3.05, 3.63) is 39.5 Å². The molecule has 0 N–H and O–H groups in total. The molecule has 68 valence electrons. The minimum Gasteiger partial charge on any atom is -0.295 e. The van der Waals surface area contributed by atoms with Crippen LogP contribution < -0.4 is 0 Å². The van der Waals surface area contributed by atoms with Crippen molar-refractivity contribution >= 4 is 33.9 Å². The lowest BCUT2D eigenvalue weighted by atomic mass is 10.1. The van der Waals surface area contributed by atoms with E-state index in [1.807, 2.05) is 31.2 Å². The van der Waals surface area contributed by atoms with Gasteiger partial charge in [0.15, 0.2) is 5.78 Å². The second-order valence-corrected chi connectivity index (χ2v) is 4.08. The quantitative estimate of drug-likeness (QED) is 0.602. The van der Waals surface area contributed by atoms with Crippen LogP contribution in [-0.4, -0.2) is 5.78 Å². The highest BCUT2D eigenvalue weighted by Gasteiger charge is 2.00. The molecule has 0 fully saturated rings. The predicted molar refractivity (Wildman–Crippen MR) is 63.5 cm³/mol. The topological polar surface area (TPSA) is 17.1 Å². The van der Waals surface area contributed by atoms with Crippen molar-refractivity contribution < 1.29 is 4.79 Å². The Labute approximate surface area is 92.0 Å². The largest absolute Gasteiger partial charge is 0.295 e. The van der Waals surface area contributed by atoms with Gasteiger partial charge in [-0.3, -0.25) is 4.79 Å². The molecule has 0 bridgehead atoms. The first-order chi connectivity index (χ1) is 6.11. The van der Waals surface area contributed by atoms with Gasteiger partial charge < -0.3 is 0 Å². The fraction of sp³-hybridized carbons (Fsp3) is 0.182. The van der Waals surface area contributed by atoms with Gasteiger partial charge in [0, 0.05) is 3.57 Å². The number of benzene rings is 1. The zero-order chi connectivity index (χ0) is 9.84. The maximum atomic E-state index is 10.9. The molecule has 0 saturated carbocycles. The fourth-order valence-corrected chi connectivity index (χ4v) is 1.98. The summed E-state index contributed by atoms with van der Waals surface area (Å²) in [5, 5.41) is 0. The van der Waals surface area contributed by atoms with E-state index in [0.29, 0.717) is 0 Å². The van der Waals surface area contributed by atoms with E-state index in [1.165, 1.54) is 3.57 Å². The minimum absolute atomic E-state index is 0.0946. The summed E-state index contributed by atoms with van der Waals surface area (Å²) < 4.78 is 1.18. The minimum atomic E-state index is 0.0946. The zero-order valence-electron chi connectivity index (χ0n) is 7.67. The van der Waals surface area contributed by atoms with Crippen molar-refractivity contribution in [2.75, 3.05) is 0 Å². The summed E-state index contributed by atoms with van der Waals surface area (Å²) in [5.41, 5.74) is 2.16. The number of carbonyl (C=O) groups is 1. The summed E-state index contributed by atoms with van der Waals surface area (Å²) in [7, 11) is 0. The maximum Gasteiger partial charge on any atom is 0.152 e. The highest BCUT2D eigenvalue weighted by Crippen LogP contribution is 2.19. The van der Waals surface area contributed by atoms with E-state index in [4.69, 9.17) is 0 Å². The maximum absolute atomic E-state index is 10.9. The van der Waals surface area contributed by atoms with E-state index >= 15 is 0 Å². The van der Waals surface area contributed by atoms with Crippen LogP contribution in [0, 0.1) is 3.57 Å². The van der Waals surface area contributed by atoms with Crippen molar-refractivity contribution in [1.29, 1.82) is 0 Å². The molecule has 0 saturated heterocycles. The van der Waals surface area contributed by atoms with Crippen molar-refractivity contribution in [3.63, 3.8) is 0 Å². The molecule has 0 heterocycles. The molecule has 0 amide bonds. The van der Waals surface area contributed by atoms with E-state index in [-0.39, 0.29) is 5.78 Å². The first-order valence-corrected chi connectivity index (χ1v) is 5.13. The molecule has 1 nitrogen and oxygen atoms in total. The van der Waals surface area contributed by atoms with Gasteiger partial charge in [0.25, 0.3) is 0 Å². The summed E-state index contributed by atoms with van der Waals surface area (Å²) in [4.78, 5) is 10.9. The van der Waals surface area contributed by atoms with Gasteiger partial charge in [-0.05, 0) is 59.7 Å². The molecular weight excluding hydrogens is 275 g/mol. The summed E-state index contributed by atoms with van der Waals surface area (Å²) in [6, 6.07) is 8.03. The first-order valence-electron chi connectivity index (χ1n) is 4.05. The van der Waals surface area contributed by atoms with E-state index in [9.17, 15) is 4.79 Å². The van der Waals surface area contributed by atoms with E-state index in [0.717, 1.165) is 11.1 Å². The molecule has 2 heteroatoms. The lowest BCUT2D eigenvalue weighted by Gasteiger charge is -2.02. The number of carbonyl (C=O) groups excluding carboxylic acids is 1. The van der Waals surface area contributed by atoms with Gasteiger partial charge in [0.2, 0.25) is 0 Å². The SMILES string of the molecule is CC(=O)/C=C(\C)c1ccccc1I. The summed E-state index contributed by atoms with van der Waals surface area (Å²) >= 11 is 2.27. The molecule has 1 aromatic carbocycles. The Bertz CT molecular complexity index is 353. The van der Waals surface area contributed by atoms with Gasteiger partial charge in [0.05, 0.1) is 0 Å². The Morgan fingerprint density at radius 1 is 1.31 bits per heavy atom. The molecule has 1 aromatic rings. The number of rotatable bonds is 2. The fourth-order valence-electron chi connectivity index (χ4n) is 1.16. The smallest absolute Gasteiger partial charge is 0.152 e. The van der Waals surface area contributed by atoms with Crippen LogP contribution in [0.4, 0.5) is 0 Å². The Kier molecular flexibility index (Phi) is 3.66. The normalized spacial score (nSPS) is 11.5. The lowest BCUT2D eigenvalue weighted by Crippen LogP contribution is -1.88. The summed E-state index contributed by atoms with van der Waals surface area (Å²) in [6.45, 7) is 3.53. The van der Waals surface area contributed by atoms with Gasteiger partial charge in [-0.25, -0.2) is 0 Å². The number of hydrogen-bond donors (Lipinski definition) is 0. The predicted octanol–water partition coefficient (Wildman–Crippen LogP) is 3.28. The van der Waals surface area contributed by atoms with E-state index in [2.05, 4.69) is 22.6 Å². The van der Waals surface area contributed by atoms with E-state index in [1.54, 1.807) is 13.0 Å². The van der Waals surface area contributed by atoms with Gasteiger partial charge in [-0.2, -0.15) is 0 Å². The molecule has 0 unspecified atom stereocenters. The molecule has 13 heavy (non-hydrogen) atoms. The number of allylic oxidation sites excluding steroid dienone is 2. The van der Waals surface area contributed by atoms with Crippen LogP contribution in [0.3, 0.4) is 0 Å². The Balaban J connectivity index is 3.08. The van der Waals surface area contributed by atoms with Crippen molar-refractivity contribution in [3.8, 4) is 0 Å². The summed E-state index contributed by atoms with van der Waals surface area (Å²) in [5.74, 6) is 0.0946. The van der Waals surface area contributed by atoms with Crippen molar-refractivity contribution in [2.24, 2.45) is 0 Å². The third kappa shape index (κ3) is 2.95. The molecule has 0 aliphatic carbocycles. The van der Waals surface area contributed by atoms with Crippen LogP contribution in [0.1, 0.15) is 19.4 Å². The van der Waals surface area contributed by atoms with Gasteiger partial charge in [-0.1, -0.05) is 18.2 Å². The van der Waals surface area contributed by atoms with Crippen molar-refractivity contribution in [2.45, 2.75) is 13.8 Å². The van der Waals surface area contributed by atoms with Crippen LogP contribution in [0.15, 0.2) is 30.3 Å².